The van der Waals surface area contributed by atoms with Gasteiger partial charge >= 0.3 is 6.18 Å². The predicted molar refractivity (Wildman–Crippen MR) is 96.9 cm³/mol. The van der Waals surface area contributed by atoms with Crippen LogP contribution in [0.25, 0.3) is 0 Å². The molecule has 1 N–H and O–H groups in total. The largest absolute Gasteiger partial charge is 0.416 e. The van der Waals surface area contributed by atoms with Crippen molar-refractivity contribution in [1.82, 2.24) is 4.90 Å². The van der Waals surface area contributed by atoms with Gasteiger partial charge in [-0.3, -0.25) is 9.59 Å². The first-order valence-corrected chi connectivity index (χ1v) is 8.77. The summed E-state index contributed by atoms with van der Waals surface area (Å²) in [4.78, 5) is 26.6. The number of nitrogens with zero attached hydrogens (tertiary/aromatic N) is 1. The summed E-state index contributed by atoms with van der Waals surface area (Å²) in [5, 5.41) is 2.42. The van der Waals surface area contributed by atoms with Crippen molar-refractivity contribution in [1.29, 1.82) is 0 Å². The molecular formula is C19H15F3N2O2S. The lowest BCUT2D eigenvalue weighted by atomic mass is 10.2. The third-order valence-corrected chi connectivity index (χ3v) is 4.99. The summed E-state index contributed by atoms with van der Waals surface area (Å²) in [6, 6.07) is 12.5. The zero-order valence-corrected chi connectivity index (χ0v) is 15.0. The summed E-state index contributed by atoms with van der Waals surface area (Å²) in [5.41, 5.74) is 0.188. The standard InChI is InChI=1S/C19H15F3N2O2S/c1-24(11-12-5-3-2-4-6-12)17(25)10-16-18(26)23-14-9-13(19(20,21)22)7-8-15(14)27-16/h2-10H,11H2,1H3,(H,23,26). The van der Waals surface area contributed by atoms with Crippen LogP contribution < -0.4 is 5.32 Å². The Morgan fingerprint density at radius 1 is 1.19 bits per heavy atom. The van der Waals surface area contributed by atoms with Crippen molar-refractivity contribution in [2.24, 2.45) is 0 Å². The molecule has 0 fully saturated rings. The molecule has 0 radical (unpaired) electrons. The molecule has 2 aromatic rings. The van der Waals surface area contributed by atoms with Crippen molar-refractivity contribution < 1.29 is 22.8 Å². The predicted octanol–water partition coefficient (Wildman–Crippen LogP) is 4.29. The van der Waals surface area contributed by atoms with Gasteiger partial charge in [0.25, 0.3) is 5.91 Å². The zero-order chi connectivity index (χ0) is 19.6. The molecule has 1 heterocycles. The topological polar surface area (TPSA) is 49.4 Å². The number of anilines is 1. The van der Waals surface area contributed by atoms with Crippen molar-refractivity contribution in [3.8, 4) is 0 Å². The van der Waals surface area contributed by atoms with Gasteiger partial charge in [-0.2, -0.15) is 13.2 Å². The maximum atomic E-state index is 12.8. The van der Waals surface area contributed by atoms with Crippen molar-refractivity contribution >= 4 is 29.3 Å². The van der Waals surface area contributed by atoms with Crippen LogP contribution in [-0.4, -0.2) is 23.8 Å². The lowest BCUT2D eigenvalue weighted by molar-refractivity contribution is -0.137. The van der Waals surface area contributed by atoms with Gasteiger partial charge in [0.1, 0.15) is 0 Å². The average molecular weight is 392 g/mol. The second-order valence-corrected chi connectivity index (χ2v) is 7.04. The van der Waals surface area contributed by atoms with E-state index in [-0.39, 0.29) is 16.5 Å². The number of nitrogens with one attached hydrogen (secondary N) is 1. The van der Waals surface area contributed by atoms with Crippen LogP contribution >= 0.6 is 11.8 Å². The van der Waals surface area contributed by atoms with Crippen molar-refractivity contribution in [2.75, 3.05) is 12.4 Å². The van der Waals surface area contributed by atoms with Crippen LogP contribution in [0.2, 0.25) is 0 Å². The summed E-state index contributed by atoms with van der Waals surface area (Å²) in [6.07, 6.45) is -3.29. The summed E-state index contributed by atoms with van der Waals surface area (Å²) >= 11 is 0.971. The number of hydrogen-bond donors (Lipinski definition) is 1. The molecule has 0 bridgehead atoms. The van der Waals surface area contributed by atoms with E-state index >= 15 is 0 Å². The first kappa shape index (κ1) is 19.0. The maximum absolute atomic E-state index is 12.8. The number of hydrogen-bond acceptors (Lipinski definition) is 3. The lowest BCUT2D eigenvalue weighted by Crippen LogP contribution is -2.26. The average Bonchev–Trinajstić information content (AvgIpc) is 2.62. The molecule has 3 rings (SSSR count). The quantitative estimate of drug-likeness (QED) is 0.793. The van der Waals surface area contributed by atoms with E-state index < -0.39 is 17.6 Å². The second-order valence-electron chi connectivity index (χ2n) is 5.95. The summed E-state index contributed by atoms with van der Waals surface area (Å²) in [6.45, 7) is 0.376. The highest BCUT2D eigenvalue weighted by Crippen LogP contribution is 2.41. The zero-order valence-electron chi connectivity index (χ0n) is 14.2. The highest BCUT2D eigenvalue weighted by molar-refractivity contribution is 8.04. The number of benzene rings is 2. The van der Waals surface area contributed by atoms with E-state index in [2.05, 4.69) is 5.32 Å². The third kappa shape index (κ3) is 4.51. The van der Waals surface area contributed by atoms with Gasteiger partial charge in [-0.1, -0.05) is 42.1 Å². The van der Waals surface area contributed by atoms with Gasteiger partial charge in [0.15, 0.2) is 0 Å². The van der Waals surface area contributed by atoms with Crippen molar-refractivity contribution in [2.45, 2.75) is 17.6 Å². The molecule has 0 saturated heterocycles. The fraction of sp³-hybridized carbons (Fsp3) is 0.158. The fourth-order valence-electron chi connectivity index (χ4n) is 2.49. The fourth-order valence-corrected chi connectivity index (χ4v) is 3.39. The first-order valence-electron chi connectivity index (χ1n) is 7.95. The minimum atomic E-state index is -4.49. The monoisotopic (exact) mass is 392 g/mol. The molecule has 2 aromatic carbocycles. The van der Waals surface area contributed by atoms with E-state index in [9.17, 15) is 22.8 Å². The van der Waals surface area contributed by atoms with Gasteiger partial charge < -0.3 is 10.2 Å². The first-order chi connectivity index (χ1) is 12.7. The molecule has 140 valence electrons. The highest BCUT2D eigenvalue weighted by Gasteiger charge is 2.32. The Kier molecular flexibility index (Phi) is 5.27. The number of fused-ring (bicyclic) bond motifs is 1. The number of halogens is 3. The Bertz CT molecular complexity index is 911. The van der Waals surface area contributed by atoms with Gasteiger partial charge in [0, 0.05) is 24.6 Å². The summed E-state index contributed by atoms with van der Waals surface area (Å²) < 4.78 is 38.4. The molecule has 0 spiro atoms. The normalized spacial score (nSPS) is 15.3. The molecule has 0 saturated carbocycles. The Hall–Kier alpha value is -2.74. The number of likely N-dealkylation sites (N-methyl/N-ethyl adjacent to an activating group) is 1. The van der Waals surface area contributed by atoms with Crippen LogP contribution in [0, 0.1) is 0 Å². The van der Waals surface area contributed by atoms with E-state index in [0.717, 1.165) is 29.5 Å². The molecule has 27 heavy (non-hydrogen) atoms. The molecule has 0 atom stereocenters. The van der Waals surface area contributed by atoms with E-state index in [1.165, 1.54) is 17.0 Å². The lowest BCUT2D eigenvalue weighted by Gasteiger charge is -2.21. The molecule has 2 amide bonds. The molecular weight excluding hydrogens is 377 g/mol. The number of carbonyl (C=O) groups is 2. The number of carbonyl (C=O) groups excluding carboxylic acids is 2. The van der Waals surface area contributed by atoms with E-state index in [1.54, 1.807) is 7.05 Å². The van der Waals surface area contributed by atoms with Crippen LogP contribution in [0.15, 0.2) is 64.4 Å². The molecule has 0 aliphatic carbocycles. The second kappa shape index (κ2) is 7.48. The minimum Gasteiger partial charge on any atom is -0.338 e. The van der Waals surface area contributed by atoms with Gasteiger partial charge in [-0.15, -0.1) is 0 Å². The van der Waals surface area contributed by atoms with Gasteiger partial charge in [0.05, 0.1) is 16.2 Å². The maximum Gasteiger partial charge on any atom is 0.416 e. The van der Waals surface area contributed by atoms with E-state index in [1.807, 2.05) is 30.3 Å². The highest BCUT2D eigenvalue weighted by atomic mass is 32.2. The Morgan fingerprint density at radius 3 is 2.56 bits per heavy atom. The number of amides is 2. The van der Waals surface area contributed by atoms with Crippen LogP contribution in [0.1, 0.15) is 11.1 Å². The smallest absolute Gasteiger partial charge is 0.338 e. The van der Waals surface area contributed by atoms with Crippen LogP contribution in [0.5, 0.6) is 0 Å². The molecule has 1 aliphatic heterocycles. The minimum absolute atomic E-state index is 0.0852. The molecule has 4 nitrogen and oxygen atoms in total. The van der Waals surface area contributed by atoms with Crippen LogP contribution in [-0.2, 0) is 22.3 Å². The van der Waals surface area contributed by atoms with Gasteiger partial charge in [-0.05, 0) is 23.8 Å². The Morgan fingerprint density at radius 2 is 1.89 bits per heavy atom. The van der Waals surface area contributed by atoms with Crippen LogP contribution in [0.3, 0.4) is 0 Å². The number of thioether (sulfide) groups is 1. The molecule has 0 aromatic heterocycles. The summed E-state index contributed by atoms with van der Waals surface area (Å²) in [7, 11) is 1.61. The van der Waals surface area contributed by atoms with E-state index in [0.29, 0.717) is 11.4 Å². The third-order valence-electron chi connectivity index (χ3n) is 3.89. The van der Waals surface area contributed by atoms with E-state index in [4.69, 9.17) is 0 Å². The Labute approximate surface area is 158 Å². The summed E-state index contributed by atoms with van der Waals surface area (Å²) in [5.74, 6) is -0.972. The molecule has 8 heteroatoms. The molecule has 1 aliphatic rings. The van der Waals surface area contributed by atoms with Crippen molar-refractivity contribution in [3.05, 3.63) is 70.6 Å². The van der Waals surface area contributed by atoms with Crippen molar-refractivity contribution in [3.63, 3.8) is 0 Å². The number of alkyl halides is 3. The molecule has 0 unspecified atom stereocenters. The SMILES string of the molecule is CN(Cc1ccccc1)C(=O)C=C1Sc2ccc(C(F)(F)F)cc2NC1=O. The van der Waals surface area contributed by atoms with Gasteiger partial charge in [0.2, 0.25) is 5.91 Å². The van der Waals surface area contributed by atoms with Gasteiger partial charge in [-0.25, -0.2) is 0 Å². The number of rotatable bonds is 3. The Balaban J connectivity index is 1.76. The van der Waals surface area contributed by atoms with Crippen LogP contribution in [0.4, 0.5) is 18.9 Å².